The summed E-state index contributed by atoms with van der Waals surface area (Å²) in [6.07, 6.45) is -5.62. The number of ether oxygens (including phenoxy) is 1. The Kier molecular flexibility index (Phi) is 9.45. The van der Waals surface area contributed by atoms with Gasteiger partial charge in [-0.15, -0.1) is 0 Å². The summed E-state index contributed by atoms with van der Waals surface area (Å²) in [5, 5.41) is 61.7. The quantitative estimate of drug-likeness (QED) is 0.154. The van der Waals surface area contributed by atoms with E-state index in [1.165, 1.54) is 0 Å². The summed E-state index contributed by atoms with van der Waals surface area (Å²) < 4.78 is 9.21. The lowest BCUT2D eigenvalue weighted by Gasteiger charge is -2.23. The van der Waals surface area contributed by atoms with Crippen molar-refractivity contribution >= 4 is 7.32 Å². The third-order valence-corrected chi connectivity index (χ3v) is 2.12. The van der Waals surface area contributed by atoms with Crippen LogP contribution < -0.4 is 0 Å². The van der Waals surface area contributed by atoms with E-state index in [0.717, 1.165) is 0 Å². The SMILES string of the molecule is OCC(O)C(O)OCCC(OB(O)O)C(O)CO. The molecule has 0 aromatic heterocycles. The summed E-state index contributed by atoms with van der Waals surface area (Å²) in [4.78, 5) is 0. The minimum Gasteiger partial charge on any atom is -0.402 e. The van der Waals surface area contributed by atoms with Crippen LogP contribution in [0.25, 0.3) is 0 Å². The molecule has 7 N–H and O–H groups in total. The zero-order valence-corrected chi connectivity index (χ0v) is 9.66. The van der Waals surface area contributed by atoms with Crippen LogP contribution in [0, 0.1) is 0 Å². The highest BCUT2D eigenvalue weighted by atomic mass is 16.6. The lowest BCUT2D eigenvalue weighted by molar-refractivity contribution is -0.175. The fraction of sp³-hybridized carbons (Fsp3) is 1.00. The van der Waals surface area contributed by atoms with Crippen LogP contribution in [0.15, 0.2) is 0 Å². The average Bonchev–Trinajstić information content (AvgIpc) is 2.34. The molecule has 0 rings (SSSR count). The number of rotatable bonds is 10. The van der Waals surface area contributed by atoms with E-state index in [1.807, 2.05) is 0 Å². The molecule has 0 amide bonds. The Bertz CT molecular complexity index is 205. The lowest BCUT2D eigenvalue weighted by atomic mass is 10.1. The van der Waals surface area contributed by atoms with E-state index in [1.54, 1.807) is 0 Å². The first-order valence-corrected chi connectivity index (χ1v) is 5.31. The molecular weight excluding hydrogens is 251 g/mol. The molecule has 9 nitrogen and oxygen atoms in total. The van der Waals surface area contributed by atoms with E-state index >= 15 is 0 Å². The first-order valence-electron chi connectivity index (χ1n) is 5.31. The molecule has 0 aliphatic rings. The van der Waals surface area contributed by atoms with Gasteiger partial charge in [-0.1, -0.05) is 0 Å². The van der Waals surface area contributed by atoms with Gasteiger partial charge in [-0.2, -0.15) is 0 Å². The molecule has 4 atom stereocenters. The summed E-state index contributed by atoms with van der Waals surface area (Å²) in [5.74, 6) is 0. The van der Waals surface area contributed by atoms with Crippen LogP contribution in [0.5, 0.6) is 0 Å². The zero-order chi connectivity index (χ0) is 14.1. The Morgan fingerprint density at radius 1 is 0.944 bits per heavy atom. The van der Waals surface area contributed by atoms with Crippen molar-refractivity contribution in [3.63, 3.8) is 0 Å². The molecule has 0 fully saturated rings. The van der Waals surface area contributed by atoms with E-state index in [9.17, 15) is 5.11 Å². The molecular formula is C8H19BO9. The molecule has 0 aliphatic heterocycles. The highest BCUT2D eigenvalue weighted by Crippen LogP contribution is 2.07. The van der Waals surface area contributed by atoms with E-state index in [0.29, 0.717) is 0 Å². The topological polar surface area (TPSA) is 160 Å². The highest BCUT2D eigenvalue weighted by molar-refractivity contribution is 6.32. The average molecular weight is 270 g/mol. The van der Waals surface area contributed by atoms with Crippen molar-refractivity contribution < 1.29 is 45.0 Å². The Morgan fingerprint density at radius 2 is 1.50 bits per heavy atom. The van der Waals surface area contributed by atoms with Crippen LogP contribution in [0.4, 0.5) is 0 Å². The van der Waals surface area contributed by atoms with Crippen molar-refractivity contribution in [2.24, 2.45) is 0 Å². The first-order chi connectivity index (χ1) is 8.42. The molecule has 18 heavy (non-hydrogen) atoms. The van der Waals surface area contributed by atoms with Gasteiger partial charge >= 0.3 is 7.32 Å². The highest BCUT2D eigenvalue weighted by Gasteiger charge is 2.25. The van der Waals surface area contributed by atoms with E-state index in [2.05, 4.69) is 4.65 Å². The second-order valence-electron chi connectivity index (χ2n) is 3.55. The van der Waals surface area contributed by atoms with Gasteiger partial charge in [-0.3, -0.25) is 0 Å². The molecule has 0 saturated carbocycles. The van der Waals surface area contributed by atoms with Crippen molar-refractivity contribution in [1.82, 2.24) is 0 Å². The van der Waals surface area contributed by atoms with Gasteiger partial charge in [0.05, 0.1) is 25.9 Å². The Labute approximate surface area is 104 Å². The summed E-state index contributed by atoms with van der Waals surface area (Å²) in [6, 6.07) is 0. The predicted octanol–water partition coefficient (Wildman–Crippen LogP) is -4.23. The summed E-state index contributed by atoms with van der Waals surface area (Å²) in [7, 11) is -2.12. The van der Waals surface area contributed by atoms with Gasteiger partial charge < -0.3 is 45.0 Å². The van der Waals surface area contributed by atoms with E-state index in [-0.39, 0.29) is 13.0 Å². The molecule has 0 aromatic carbocycles. The summed E-state index contributed by atoms with van der Waals surface area (Å²) >= 11 is 0. The normalized spacial score (nSPS) is 18.2. The minimum atomic E-state index is -2.12. The molecule has 0 saturated heterocycles. The first kappa shape index (κ1) is 17.7. The van der Waals surface area contributed by atoms with Gasteiger partial charge in [-0.05, 0) is 6.42 Å². The van der Waals surface area contributed by atoms with Crippen molar-refractivity contribution in [2.45, 2.75) is 31.0 Å². The van der Waals surface area contributed by atoms with E-state index in [4.69, 9.17) is 35.2 Å². The largest absolute Gasteiger partial charge is 0.634 e. The molecule has 0 spiro atoms. The third-order valence-electron chi connectivity index (χ3n) is 2.12. The Morgan fingerprint density at radius 3 is 1.94 bits per heavy atom. The second kappa shape index (κ2) is 9.61. The molecule has 0 bridgehead atoms. The van der Waals surface area contributed by atoms with Crippen LogP contribution in [0.2, 0.25) is 0 Å². The van der Waals surface area contributed by atoms with Crippen molar-refractivity contribution in [2.75, 3.05) is 19.8 Å². The monoisotopic (exact) mass is 270 g/mol. The van der Waals surface area contributed by atoms with Gasteiger partial charge in [0, 0.05) is 0 Å². The van der Waals surface area contributed by atoms with Gasteiger partial charge in [0.1, 0.15) is 12.2 Å². The van der Waals surface area contributed by atoms with Gasteiger partial charge in [0.25, 0.3) is 0 Å². The molecule has 0 heterocycles. The Hall–Kier alpha value is -0.295. The molecule has 0 radical (unpaired) electrons. The molecule has 4 unspecified atom stereocenters. The summed E-state index contributed by atoms with van der Waals surface area (Å²) in [5.41, 5.74) is 0. The molecule has 0 aliphatic carbocycles. The van der Waals surface area contributed by atoms with Crippen LogP contribution in [-0.2, 0) is 9.39 Å². The predicted molar refractivity (Wildman–Crippen MR) is 57.8 cm³/mol. The van der Waals surface area contributed by atoms with Gasteiger partial charge in [0.15, 0.2) is 6.29 Å². The smallest absolute Gasteiger partial charge is 0.402 e. The van der Waals surface area contributed by atoms with Crippen molar-refractivity contribution in [3.05, 3.63) is 0 Å². The molecule has 0 aromatic rings. The maximum atomic E-state index is 9.28. The fourth-order valence-corrected chi connectivity index (χ4v) is 1.13. The van der Waals surface area contributed by atoms with Crippen molar-refractivity contribution in [3.8, 4) is 0 Å². The number of aliphatic hydroxyl groups is 5. The van der Waals surface area contributed by atoms with Crippen LogP contribution in [0.3, 0.4) is 0 Å². The standard InChI is InChI=1S/C8H19BO9/c10-3-5(12)7(18-9(15)16)1-2-17-8(14)6(13)4-11/h5-8,10-16H,1-4H2. The Balaban J connectivity index is 4.03. The van der Waals surface area contributed by atoms with Crippen LogP contribution >= 0.6 is 0 Å². The fourth-order valence-electron chi connectivity index (χ4n) is 1.13. The van der Waals surface area contributed by atoms with Crippen LogP contribution in [-0.4, -0.2) is 87.3 Å². The molecule has 108 valence electrons. The summed E-state index contributed by atoms with van der Waals surface area (Å²) in [6.45, 7) is -1.54. The minimum absolute atomic E-state index is 0.0748. The number of hydrogen-bond acceptors (Lipinski definition) is 9. The lowest BCUT2D eigenvalue weighted by Crippen LogP contribution is -2.39. The number of hydrogen-bond donors (Lipinski definition) is 7. The van der Waals surface area contributed by atoms with Gasteiger partial charge in [0.2, 0.25) is 0 Å². The zero-order valence-electron chi connectivity index (χ0n) is 9.66. The maximum absolute atomic E-state index is 9.28. The second-order valence-corrected chi connectivity index (χ2v) is 3.55. The molecule has 10 heteroatoms. The van der Waals surface area contributed by atoms with Crippen molar-refractivity contribution in [1.29, 1.82) is 0 Å². The maximum Gasteiger partial charge on any atom is 0.634 e. The van der Waals surface area contributed by atoms with E-state index < -0.39 is 45.1 Å². The third kappa shape index (κ3) is 7.21. The number of aliphatic hydroxyl groups excluding tert-OH is 5. The van der Waals surface area contributed by atoms with Crippen LogP contribution in [0.1, 0.15) is 6.42 Å². The van der Waals surface area contributed by atoms with Gasteiger partial charge in [-0.25, -0.2) is 0 Å².